The van der Waals surface area contributed by atoms with Gasteiger partial charge >= 0.3 is 0 Å². The second kappa shape index (κ2) is 6.95. The molecule has 1 aliphatic rings. The standard InChI is InChI=1S/C22H23N3O2S/c1-16-13-18(3)21(14-17(16)2)28(26,27)20-7-5-19(6-8-20)15-25-11-4-10-24-12-9-23-22(24)25/h4-9,11-14H,10,15H2,1-3H3. The molecule has 0 saturated heterocycles. The van der Waals surface area contributed by atoms with Gasteiger partial charge in [0, 0.05) is 25.1 Å². The molecule has 6 heteroatoms. The Bertz CT molecular complexity index is 1160. The lowest BCUT2D eigenvalue weighted by atomic mass is 10.1. The molecule has 0 atom stereocenters. The number of benzene rings is 2. The smallest absolute Gasteiger partial charge is 0.210 e. The third kappa shape index (κ3) is 3.24. The highest BCUT2D eigenvalue weighted by atomic mass is 32.2. The summed E-state index contributed by atoms with van der Waals surface area (Å²) in [5, 5.41) is 0. The fourth-order valence-electron chi connectivity index (χ4n) is 3.50. The minimum Gasteiger partial charge on any atom is -0.314 e. The zero-order valence-electron chi connectivity index (χ0n) is 16.3. The van der Waals surface area contributed by atoms with E-state index in [2.05, 4.69) is 20.5 Å². The normalized spacial score (nSPS) is 13.6. The predicted molar refractivity (Wildman–Crippen MR) is 110 cm³/mol. The molecule has 0 radical (unpaired) electrons. The summed E-state index contributed by atoms with van der Waals surface area (Å²) in [5.74, 6) is 0.893. The minimum absolute atomic E-state index is 0.318. The van der Waals surface area contributed by atoms with Crippen LogP contribution < -0.4 is 4.90 Å². The number of hydrogen-bond donors (Lipinski definition) is 0. The van der Waals surface area contributed by atoms with Crippen molar-refractivity contribution in [2.24, 2.45) is 0 Å². The SMILES string of the molecule is Cc1cc(C)c(S(=O)(=O)c2ccc(CN3C=CCn4ccnc43)cc2)cc1C. The van der Waals surface area contributed by atoms with Crippen LogP contribution in [0.25, 0.3) is 0 Å². The van der Waals surface area contributed by atoms with E-state index in [0.717, 1.165) is 34.7 Å². The van der Waals surface area contributed by atoms with Crippen molar-refractivity contribution in [1.82, 2.24) is 9.55 Å². The summed E-state index contributed by atoms with van der Waals surface area (Å²) in [5.41, 5.74) is 3.88. The molecule has 0 N–H and O–H groups in total. The average Bonchev–Trinajstić information content (AvgIpc) is 3.15. The van der Waals surface area contributed by atoms with Gasteiger partial charge in [-0.25, -0.2) is 13.4 Å². The highest BCUT2D eigenvalue weighted by molar-refractivity contribution is 7.91. The summed E-state index contributed by atoms with van der Waals surface area (Å²) in [7, 11) is -3.54. The van der Waals surface area contributed by atoms with Crippen molar-refractivity contribution >= 4 is 15.8 Å². The van der Waals surface area contributed by atoms with Gasteiger partial charge in [0.25, 0.3) is 0 Å². The lowest BCUT2D eigenvalue weighted by molar-refractivity contribution is 0.595. The van der Waals surface area contributed by atoms with Crippen LogP contribution in [0.15, 0.2) is 70.9 Å². The van der Waals surface area contributed by atoms with Gasteiger partial charge in [-0.15, -0.1) is 0 Å². The van der Waals surface area contributed by atoms with Crippen LogP contribution in [0.4, 0.5) is 5.95 Å². The number of hydrogen-bond acceptors (Lipinski definition) is 4. The summed E-state index contributed by atoms with van der Waals surface area (Å²) in [6, 6.07) is 10.8. The number of anilines is 1. The third-order valence-corrected chi connectivity index (χ3v) is 7.12. The largest absolute Gasteiger partial charge is 0.314 e. The second-order valence-corrected chi connectivity index (χ2v) is 9.16. The lowest BCUT2D eigenvalue weighted by Gasteiger charge is -2.24. The van der Waals surface area contributed by atoms with Gasteiger partial charge in [-0.05, 0) is 67.3 Å². The molecule has 2 aromatic carbocycles. The number of aryl methyl sites for hydroxylation is 3. The maximum absolute atomic E-state index is 13.1. The van der Waals surface area contributed by atoms with E-state index in [9.17, 15) is 8.42 Å². The van der Waals surface area contributed by atoms with Crippen LogP contribution >= 0.6 is 0 Å². The molecule has 0 aliphatic carbocycles. The van der Waals surface area contributed by atoms with Crippen molar-refractivity contribution in [2.75, 3.05) is 4.90 Å². The van der Waals surface area contributed by atoms with Crippen LogP contribution in [0, 0.1) is 20.8 Å². The van der Waals surface area contributed by atoms with E-state index in [4.69, 9.17) is 0 Å². The summed E-state index contributed by atoms with van der Waals surface area (Å²) < 4.78 is 28.3. The number of nitrogens with zero attached hydrogens (tertiary/aromatic N) is 3. The molecule has 5 nitrogen and oxygen atoms in total. The summed E-state index contributed by atoms with van der Waals surface area (Å²) in [4.78, 5) is 7.15. The Morgan fingerprint density at radius 2 is 1.71 bits per heavy atom. The topological polar surface area (TPSA) is 55.2 Å². The molecule has 0 fully saturated rings. The Kier molecular flexibility index (Phi) is 4.59. The first kappa shape index (κ1) is 18.5. The molecule has 0 unspecified atom stereocenters. The van der Waals surface area contributed by atoms with Crippen molar-refractivity contribution in [3.8, 4) is 0 Å². The van der Waals surface area contributed by atoms with Gasteiger partial charge in [-0.1, -0.05) is 18.2 Å². The molecular formula is C22H23N3O2S. The van der Waals surface area contributed by atoms with Crippen molar-refractivity contribution in [1.29, 1.82) is 0 Å². The quantitative estimate of drug-likeness (QED) is 0.667. The second-order valence-electron chi connectivity index (χ2n) is 7.24. The molecule has 0 spiro atoms. The highest BCUT2D eigenvalue weighted by Crippen LogP contribution is 2.27. The van der Waals surface area contributed by atoms with Crippen LogP contribution in [0.5, 0.6) is 0 Å². The van der Waals surface area contributed by atoms with Crippen molar-refractivity contribution in [3.05, 3.63) is 83.3 Å². The first-order chi connectivity index (χ1) is 13.4. The fraction of sp³-hybridized carbons (Fsp3) is 0.227. The van der Waals surface area contributed by atoms with Crippen LogP contribution in [0.2, 0.25) is 0 Å². The van der Waals surface area contributed by atoms with E-state index in [1.165, 1.54) is 0 Å². The first-order valence-corrected chi connectivity index (χ1v) is 10.7. The molecule has 0 amide bonds. The first-order valence-electron chi connectivity index (χ1n) is 9.22. The lowest BCUT2D eigenvalue weighted by Crippen LogP contribution is -2.22. The summed E-state index contributed by atoms with van der Waals surface area (Å²) >= 11 is 0. The predicted octanol–water partition coefficient (Wildman–Crippen LogP) is 4.18. The fourth-order valence-corrected chi connectivity index (χ4v) is 5.07. The number of aromatic nitrogens is 2. The van der Waals surface area contributed by atoms with Crippen LogP contribution in [-0.2, 0) is 22.9 Å². The van der Waals surface area contributed by atoms with Gasteiger partial charge in [0.05, 0.1) is 16.3 Å². The van der Waals surface area contributed by atoms with E-state index in [1.54, 1.807) is 24.4 Å². The number of sulfone groups is 1. The number of fused-ring (bicyclic) bond motifs is 1. The summed E-state index contributed by atoms with van der Waals surface area (Å²) in [6.45, 7) is 7.23. The minimum atomic E-state index is -3.54. The number of rotatable bonds is 4. The Labute approximate surface area is 165 Å². The van der Waals surface area contributed by atoms with Crippen molar-refractivity contribution in [2.45, 2.75) is 43.7 Å². The number of imidazole rings is 1. The van der Waals surface area contributed by atoms with Crippen LogP contribution in [0.1, 0.15) is 22.3 Å². The van der Waals surface area contributed by atoms with Crippen LogP contribution in [0.3, 0.4) is 0 Å². The maximum atomic E-state index is 13.1. The van der Waals surface area contributed by atoms with Gasteiger partial charge in [0.1, 0.15) is 0 Å². The van der Waals surface area contributed by atoms with Gasteiger partial charge in [0.2, 0.25) is 15.8 Å². The molecular weight excluding hydrogens is 370 g/mol. The molecule has 3 aromatic rings. The van der Waals surface area contributed by atoms with E-state index < -0.39 is 9.84 Å². The van der Waals surface area contributed by atoms with E-state index in [1.807, 2.05) is 51.4 Å². The van der Waals surface area contributed by atoms with Crippen molar-refractivity contribution in [3.63, 3.8) is 0 Å². The number of allylic oxidation sites excluding steroid dienone is 1. The van der Waals surface area contributed by atoms with Crippen molar-refractivity contribution < 1.29 is 8.42 Å². The Hall–Kier alpha value is -2.86. The van der Waals surface area contributed by atoms with E-state index in [0.29, 0.717) is 16.3 Å². The summed E-state index contributed by atoms with van der Waals surface area (Å²) in [6.07, 6.45) is 7.84. The van der Waals surface area contributed by atoms with Gasteiger partial charge in [-0.2, -0.15) is 0 Å². The van der Waals surface area contributed by atoms with E-state index >= 15 is 0 Å². The zero-order valence-corrected chi connectivity index (χ0v) is 17.1. The molecule has 1 aromatic heterocycles. The van der Waals surface area contributed by atoms with Gasteiger partial charge in [0.15, 0.2) is 0 Å². The monoisotopic (exact) mass is 393 g/mol. The molecule has 4 rings (SSSR count). The molecule has 1 aliphatic heterocycles. The molecule has 28 heavy (non-hydrogen) atoms. The van der Waals surface area contributed by atoms with E-state index in [-0.39, 0.29) is 0 Å². The molecule has 2 heterocycles. The maximum Gasteiger partial charge on any atom is 0.210 e. The molecule has 144 valence electrons. The van der Waals surface area contributed by atoms with Crippen LogP contribution in [-0.4, -0.2) is 18.0 Å². The highest BCUT2D eigenvalue weighted by Gasteiger charge is 2.21. The van der Waals surface area contributed by atoms with Gasteiger partial charge in [-0.3, -0.25) is 0 Å². The molecule has 0 saturated carbocycles. The average molecular weight is 394 g/mol. The zero-order chi connectivity index (χ0) is 19.9. The Balaban J connectivity index is 1.61. The van der Waals surface area contributed by atoms with Gasteiger partial charge < -0.3 is 9.47 Å². The third-order valence-electron chi connectivity index (χ3n) is 5.21. The Morgan fingerprint density at radius 3 is 2.46 bits per heavy atom. The molecule has 0 bridgehead atoms. The Morgan fingerprint density at radius 1 is 1.00 bits per heavy atom.